The first-order valence-corrected chi connectivity index (χ1v) is 21.3. The molecule has 0 bridgehead atoms. The highest BCUT2D eigenvalue weighted by molar-refractivity contribution is 7.26. The van der Waals surface area contributed by atoms with Crippen molar-refractivity contribution in [2.24, 2.45) is 0 Å². The van der Waals surface area contributed by atoms with Crippen molar-refractivity contribution >= 4 is 53.4 Å². The summed E-state index contributed by atoms with van der Waals surface area (Å²) in [7, 11) is 0. The summed E-state index contributed by atoms with van der Waals surface area (Å²) in [6, 6.07) is 68.7. The Morgan fingerprint density at radius 1 is 0.323 bits per heavy atom. The molecule has 12 aromatic rings. The number of rotatable bonds is 7. The average Bonchev–Trinajstić information content (AvgIpc) is 3.93. The highest BCUT2D eigenvalue weighted by Gasteiger charge is 2.19. The maximum absolute atomic E-state index is 6.23. The van der Waals surface area contributed by atoms with Crippen LogP contribution in [0, 0.1) is 0 Å². The van der Waals surface area contributed by atoms with Crippen LogP contribution in [0.25, 0.3) is 121 Å². The van der Waals surface area contributed by atoms with E-state index in [1.807, 2.05) is 97.1 Å². The van der Waals surface area contributed by atoms with Crippen molar-refractivity contribution in [1.82, 2.24) is 24.9 Å². The second-order valence-electron chi connectivity index (χ2n) is 15.2. The van der Waals surface area contributed by atoms with Gasteiger partial charge in [-0.25, -0.2) is 24.9 Å². The molecular weight excluding hydrogens is 779 g/mol. The van der Waals surface area contributed by atoms with E-state index in [0.717, 1.165) is 82.5 Å². The quantitative estimate of drug-likeness (QED) is 0.160. The van der Waals surface area contributed by atoms with Crippen LogP contribution in [0.1, 0.15) is 0 Å². The lowest BCUT2D eigenvalue weighted by Gasteiger charge is -2.10. The van der Waals surface area contributed by atoms with Crippen molar-refractivity contribution in [3.63, 3.8) is 0 Å². The molecule has 0 atom stereocenters. The van der Waals surface area contributed by atoms with Gasteiger partial charge in [0.2, 0.25) is 0 Å². The van der Waals surface area contributed by atoms with E-state index in [1.165, 1.54) is 15.5 Å². The smallest absolute Gasteiger partial charge is 0.164 e. The lowest BCUT2D eigenvalue weighted by Crippen LogP contribution is -2.00. The third kappa shape index (κ3) is 6.31. The molecule has 4 aromatic heterocycles. The largest absolute Gasteiger partial charge is 0.456 e. The van der Waals surface area contributed by atoms with Gasteiger partial charge in [0.05, 0.1) is 11.4 Å². The molecule has 4 heterocycles. The van der Waals surface area contributed by atoms with Crippen molar-refractivity contribution in [1.29, 1.82) is 0 Å². The minimum atomic E-state index is 0.596. The summed E-state index contributed by atoms with van der Waals surface area (Å²) in [5, 5.41) is 4.42. The summed E-state index contributed by atoms with van der Waals surface area (Å²) in [6.45, 7) is 0. The average molecular weight is 812 g/mol. The van der Waals surface area contributed by atoms with Crippen molar-refractivity contribution < 1.29 is 4.42 Å². The van der Waals surface area contributed by atoms with Crippen molar-refractivity contribution in [2.45, 2.75) is 0 Å². The van der Waals surface area contributed by atoms with Gasteiger partial charge in [-0.05, 0) is 41.5 Å². The molecule has 8 aromatic carbocycles. The van der Waals surface area contributed by atoms with Crippen LogP contribution in [0.4, 0.5) is 0 Å². The van der Waals surface area contributed by atoms with Crippen LogP contribution in [0.5, 0.6) is 0 Å². The van der Waals surface area contributed by atoms with E-state index in [-0.39, 0.29) is 0 Å². The maximum Gasteiger partial charge on any atom is 0.164 e. The Morgan fingerprint density at radius 2 is 0.839 bits per heavy atom. The molecule has 0 radical (unpaired) electrons. The Hall–Kier alpha value is -8.13. The fraction of sp³-hybridized carbons (Fsp3) is 0. The predicted molar refractivity (Wildman–Crippen MR) is 254 cm³/mol. The van der Waals surface area contributed by atoms with E-state index in [0.29, 0.717) is 23.3 Å². The first-order valence-electron chi connectivity index (χ1n) is 20.5. The fourth-order valence-electron chi connectivity index (χ4n) is 8.35. The van der Waals surface area contributed by atoms with Crippen LogP contribution in [0.15, 0.2) is 205 Å². The van der Waals surface area contributed by atoms with Gasteiger partial charge < -0.3 is 4.42 Å². The molecule has 290 valence electrons. The molecule has 0 spiro atoms. The Labute approximate surface area is 360 Å². The summed E-state index contributed by atoms with van der Waals surface area (Å²) in [5.41, 5.74) is 11.5. The molecule has 0 aliphatic rings. The van der Waals surface area contributed by atoms with Gasteiger partial charge >= 0.3 is 0 Å². The molecule has 6 nitrogen and oxygen atoms in total. The first-order chi connectivity index (χ1) is 30.7. The molecular formula is C55H33N5OS. The van der Waals surface area contributed by atoms with E-state index in [2.05, 4.69) is 103 Å². The van der Waals surface area contributed by atoms with Gasteiger partial charge in [0.15, 0.2) is 23.3 Å². The lowest BCUT2D eigenvalue weighted by molar-refractivity contribution is 0.669. The van der Waals surface area contributed by atoms with Crippen molar-refractivity contribution in [2.75, 3.05) is 0 Å². The number of para-hydroxylation sites is 1. The standard InChI is InChI=1S/C55H33N5OS/c1-4-14-35(15-5-1)45-33-46(36-16-6-2-7-17-36)57-55(56-45)44-23-12-21-41-40-31-30-39(32-49(40)62-51(41)44)34-26-28-38(29-27-34)53-58-52(37-18-8-3-9-19-37)59-54(60-53)43-22-13-25-48-50(43)42-20-10-11-24-47(42)61-48/h1-33H. The second-order valence-corrected chi connectivity index (χ2v) is 16.3. The summed E-state index contributed by atoms with van der Waals surface area (Å²) in [5.74, 6) is 2.53. The van der Waals surface area contributed by atoms with E-state index in [1.54, 1.807) is 11.3 Å². The van der Waals surface area contributed by atoms with E-state index in [4.69, 9.17) is 29.3 Å². The van der Waals surface area contributed by atoms with Crippen LogP contribution in [-0.2, 0) is 0 Å². The van der Waals surface area contributed by atoms with Crippen LogP contribution >= 0.6 is 11.3 Å². The fourth-order valence-corrected chi connectivity index (χ4v) is 9.60. The number of furan rings is 1. The summed E-state index contributed by atoms with van der Waals surface area (Å²) in [4.78, 5) is 25.5. The van der Waals surface area contributed by atoms with E-state index >= 15 is 0 Å². The highest BCUT2D eigenvalue weighted by Crippen LogP contribution is 2.42. The van der Waals surface area contributed by atoms with Gasteiger partial charge in [0.25, 0.3) is 0 Å². The third-order valence-corrected chi connectivity index (χ3v) is 12.6. The number of hydrogen-bond acceptors (Lipinski definition) is 7. The third-order valence-electron chi connectivity index (χ3n) is 11.4. The van der Waals surface area contributed by atoms with Gasteiger partial charge in [-0.1, -0.05) is 170 Å². The summed E-state index contributed by atoms with van der Waals surface area (Å²) < 4.78 is 8.60. The van der Waals surface area contributed by atoms with Crippen LogP contribution in [0.2, 0.25) is 0 Å². The lowest BCUT2D eigenvalue weighted by atomic mass is 10.0. The number of benzene rings is 8. The molecule has 0 unspecified atom stereocenters. The molecule has 0 amide bonds. The SMILES string of the molecule is c1ccc(-c2cc(-c3ccccc3)nc(-c3cccc4c3sc3cc(-c5ccc(-c6nc(-c7ccccc7)nc(-c7cccc8oc9ccccc9c78)n6)cc5)ccc34)n2)cc1. The first kappa shape index (κ1) is 35.8. The number of hydrogen-bond donors (Lipinski definition) is 0. The van der Waals surface area contributed by atoms with Crippen molar-refractivity contribution in [3.05, 3.63) is 200 Å². The Bertz CT molecular complexity index is 3560. The molecule has 0 fully saturated rings. The molecule has 0 aliphatic carbocycles. The monoisotopic (exact) mass is 811 g/mol. The second kappa shape index (κ2) is 14.9. The number of fused-ring (bicyclic) bond motifs is 6. The number of nitrogens with zero attached hydrogens (tertiary/aromatic N) is 5. The minimum Gasteiger partial charge on any atom is -0.456 e. The molecule has 0 N–H and O–H groups in total. The normalized spacial score (nSPS) is 11.5. The summed E-state index contributed by atoms with van der Waals surface area (Å²) >= 11 is 1.78. The molecule has 62 heavy (non-hydrogen) atoms. The van der Waals surface area contributed by atoms with Crippen LogP contribution in [0.3, 0.4) is 0 Å². The van der Waals surface area contributed by atoms with Crippen LogP contribution in [-0.4, -0.2) is 24.9 Å². The van der Waals surface area contributed by atoms with E-state index in [9.17, 15) is 0 Å². The van der Waals surface area contributed by atoms with Gasteiger partial charge in [-0.15, -0.1) is 11.3 Å². The molecule has 0 saturated carbocycles. The molecule has 12 rings (SSSR count). The molecule has 7 heteroatoms. The number of thiophene rings is 1. The number of aromatic nitrogens is 5. The van der Waals surface area contributed by atoms with Gasteiger partial charge in [-0.3, -0.25) is 0 Å². The Balaban J connectivity index is 0.930. The van der Waals surface area contributed by atoms with E-state index < -0.39 is 0 Å². The summed E-state index contributed by atoms with van der Waals surface area (Å²) in [6.07, 6.45) is 0. The zero-order valence-corrected chi connectivity index (χ0v) is 33.9. The Morgan fingerprint density at radius 3 is 1.55 bits per heavy atom. The highest BCUT2D eigenvalue weighted by atomic mass is 32.1. The Kier molecular flexibility index (Phi) is 8.57. The zero-order valence-electron chi connectivity index (χ0n) is 33.1. The van der Waals surface area contributed by atoms with Crippen molar-refractivity contribution in [3.8, 4) is 79.2 Å². The van der Waals surface area contributed by atoms with Gasteiger partial charge in [0.1, 0.15) is 11.2 Å². The predicted octanol–water partition coefficient (Wildman–Crippen LogP) is 14.6. The zero-order chi connectivity index (χ0) is 41.0. The maximum atomic E-state index is 6.23. The van der Waals surface area contributed by atoms with Gasteiger partial charge in [0, 0.05) is 64.3 Å². The molecule has 0 saturated heterocycles. The molecule has 0 aliphatic heterocycles. The minimum absolute atomic E-state index is 0.596. The topological polar surface area (TPSA) is 77.6 Å². The van der Waals surface area contributed by atoms with Gasteiger partial charge in [-0.2, -0.15) is 0 Å². The van der Waals surface area contributed by atoms with Crippen LogP contribution < -0.4 is 0 Å².